The maximum Gasteiger partial charge on any atom is 0.323 e. The third kappa shape index (κ3) is 4.05. The fourth-order valence-corrected chi connectivity index (χ4v) is 5.39. The zero-order valence-corrected chi connectivity index (χ0v) is 19.5. The number of aliphatic carboxylic acids is 1. The van der Waals surface area contributed by atoms with Gasteiger partial charge in [-0.1, -0.05) is 78.1 Å². The first-order valence-corrected chi connectivity index (χ1v) is 11.7. The predicted molar refractivity (Wildman–Crippen MR) is 137 cm³/mol. The summed E-state index contributed by atoms with van der Waals surface area (Å²) in [5.41, 5.74) is 5.61. The van der Waals surface area contributed by atoms with Gasteiger partial charge < -0.3 is 9.67 Å². The number of nitrogens with zero attached hydrogens (tertiary/aromatic N) is 2. The number of aromatic nitrogens is 1. The fourth-order valence-electron chi connectivity index (χ4n) is 4.13. The lowest BCUT2D eigenvalue weighted by Gasteiger charge is -2.10. The Hall–Kier alpha value is -3.42. The predicted octanol–water partition coefficient (Wildman–Crippen LogP) is 5.44. The van der Waals surface area contributed by atoms with E-state index in [2.05, 4.69) is 60.0 Å². The molecule has 5 nitrogen and oxygen atoms in total. The summed E-state index contributed by atoms with van der Waals surface area (Å²) in [5.74, 6) is -1.45. The van der Waals surface area contributed by atoms with Crippen molar-refractivity contribution >= 4 is 68.1 Å². The first kappa shape index (κ1) is 21.4. The first-order chi connectivity index (χ1) is 15.9. The largest absolute Gasteiger partial charge is 0.480 e. The Kier molecular flexibility index (Phi) is 5.52. The monoisotopic (exact) mass is 472 g/mol. The highest BCUT2D eigenvalue weighted by atomic mass is 32.2. The molecule has 0 spiro atoms. The number of para-hydroxylation sites is 1. The van der Waals surface area contributed by atoms with Crippen LogP contribution < -0.4 is 0 Å². The van der Waals surface area contributed by atoms with E-state index in [4.69, 9.17) is 17.3 Å². The Balaban J connectivity index is 1.56. The Morgan fingerprint density at radius 3 is 2.52 bits per heavy atom. The molecular weight excluding hydrogens is 452 g/mol. The zero-order chi connectivity index (χ0) is 23.1. The molecular formula is C26H20N2O3S2. The summed E-state index contributed by atoms with van der Waals surface area (Å²) < 4.78 is 2.58. The lowest BCUT2D eigenvalue weighted by atomic mass is 10.1. The van der Waals surface area contributed by atoms with E-state index in [-0.39, 0.29) is 10.2 Å². The Bertz CT molecular complexity index is 1470. The molecule has 164 valence electrons. The molecule has 5 rings (SSSR count). The van der Waals surface area contributed by atoms with Gasteiger partial charge in [-0.25, -0.2) is 0 Å². The first-order valence-electron chi connectivity index (χ1n) is 10.4. The SMILES string of the molecule is Cc1ccc(Cn2c3ccccc3c3cc(/C=C4\SC(=S)N(CC(=O)O)C4=O)ccc32)cc1. The van der Waals surface area contributed by atoms with Crippen LogP contribution in [-0.4, -0.2) is 37.3 Å². The molecule has 0 bridgehead atoms. The summed E-state index contributed by atoms with van der Waals surface area (Å²) in [4.78, 5) is 25.3. The van der Waals surface area contributed by atoms with Crippen LogP contribution >= 0.6 is 24.0 Å². The van der Waals surface area contributed by atoms with Gasteiger partial charge in [-0.15, -0.1) is 0 Å². The zero-order valence-electron chi connectivity index (χ0n) is 17.8. The topological polar surface area (TPSA) is 62.5 Å². The Morgan fingerprint density at radius 2 is 1.76 bits per heavy atom. The van der Waals surface area contributed by atoms with Gasteiger partial charge in [0.2, 0.25) is 0 Å². The van der Waals surface area contributed by atoms with Crippen LogP contribution in [0.2, 0.25) is 0 Å². The van der Waals surface area contributed by atoms with Crippen molar-refractivity contribution in [3.05, 3.63) is 88.3 Å². The van der Waals surface area contributed by atoms with E-state index >= 15 is 0 Å². The van der Waals surface area contributed by atoms with Crippen molar-refractivity contribution < 1.29 is 14.7 Å². The molecule has 33 heavy (non-hydrogen) atoms. The van der Waals surface area contributed by atoms with Crippen molar-refractivity contribution in [2.75, 3.05) is 6.54 Å². The minimum absolute atomic E-state index is 0.268. The highest BCUT2D eigenvalue weighted by Crippen LogP contribution is 2.35. The average Bonchev–Trinajstić information content (AvgIpc) is 3.24. The van der Waals surface area contributed by atoms with Crippen LogP contribution in [0.1, 0.15) is 16.7 Å². The van der Waals surface area contributed by atoms with Gasteiger partial charge in [0.1, 0.15) is 10.9 Å². The number of amides is 1. The number of benzene rings is 3. The maximum absolute atomic E-state index is 12.6. The molecule has 1 aliphatic heterocycles. The number of fused-ring (bicyclic) bond motifs is 3. The van der Waals surface area contributed by atoms with Crippen LogP contribution in [0.25, 0.3) is 27.9 Å². The van der Waals surface area contributed by atoms with Crippen molar-refractivity contribution in [1.82, 2.24) is 9.47 Å². The van der Waals surface area contributed by atoms with E-state index in [1.54, 1.807) is 6.08 Å². The van der Waals surface area contributed by atoms with E-state index in [0.29, 0.717) is 4.91 Å². The smallest absolute Gasteiger partial charge is 0.323 e. The van der Waals surface area contributed by atoms with Crippen LogP contribution in [0.3, 0.4) is 0 Å². The lowest BCUT2D eigenvalue weighted by molar-refractivity contribution is -0.140. The van der Waals surface area contributed by atoms with Gasteiger partial charge in [-0.3, -0.25) is 14.5 Å². The van der Waals surface area contributed by atoms with Gasteiger partial charge in [0.05, 0.1) is 4.91 Å². The Morgan fingerprint density at radius 1 is 1.03 bits per heavy atom. The molecule has 1 N–H and O–H groups in total. The standard InChI is InChI=1S/C26H20N2O3S2/c1-16-6-8-17(9-7-16)14-27-21-5-3-2-4-19(21)20-12-18(10-11-22(20)27)13-23-25(31)28(15-24(29)30)26(32)33-23/h2-13H,14-15H2,1H3,(H,29,30)/b23-13-. The van der Waals surface area contributed by atoms with Crippen molar-refractivity contribution in [3.8, 4) is 0 Å². The molecule has 7 heteroatoms. The van der Waals surface area contributed by atoms with Crippen molar-refractivity contribution in [3.63, 3.8) is 0 Å². The molecule has 3 aromatic carbocycles. The molecule has 1 saturated heterocycles. The van der Waals surface area contributed by atoms with Gasteiger partial charge in [-0.05, 0) is 42.3 Å². The molecule has 4 aromatic rings. The minimum atomic E-state index is -1.09. The van der Waals surface area contributed by atoms with Crippen LogP contribution in [0.5, 0.6) is 0 Å². The number of aryl methyl sites for hydroxylation is 1. The number of thioether (sulfide) groups is 1. The summed E-state index contributed by atoms with van der Waals surface area (Å²) >= 11 is 6.34. The number of rotatable bonds is 5. The average molecular weight is 473 g/mol. The third-order valence-electron chi connectivity index (χ3n) is 5.72. The number of thiocarbonyl (C=S) groups is 1. The van der Waals surface area contributed by atoms with E-state index in [9.17, 15) is 9.59 Å². The second-order valence-corrected chi connectivity index (χ2v) is 9.70. The van der Waals surface area contributed by atoms with E-state index in [1.165, 1.54) is 11.1 Å². The van der Waals surface area contributed by atoms with Crippen LogP contribution in [0.4, 0.5) is 0 Å². The summed E-state index contributed by atoms with van der Waals surface area (Å²) in [6.07, 6.45) is 1.78. The molecule has 0 unspecified atom stereocenters. The highest BCUT2D eigenvalue weighted by Gasteiger charge is 2.33. The minimum Gasteiger partial charge on any atom is -0.480 e. The number of carbonyl (C=O) groups excluding carboxylic acids is 1. The fraction of sp³-hybridized carbons (Fsp3) is 0.115. The molecule has 0 saturated carbocycles. The molecule has 2 heterocycles. The van der Waals surface area contributed by atoms with Gasteiger partial charge >= 0.3 is 5.97 Å². The lowest BCUT2D eigenvalue weighted by Crippen LogP contribution is -2.33. The normalized spacial score (nSPS) is 15.3. The summed E-state index contributed by atoms with van der Waals surface area (Å²) in [6.45, 7) is 2.42. The molecule has 0 aliphatic carbocycles. The molecule has 0 atom stereocenters. The second kappa shape index (κ2) is 8.50. The molecule has 1 aromatic heterocycles. The molecule has 1 aliphatic rings. The van der Waals surface area contributed by atoms with Crippen LogP contribution in [0, 0.1) is 6.92 Å². The number of hydrogen-bond acceptors (Lipinski definition) is 4. The van der Waals surface area contributed by atoms with Gasteiger partial charge in [0.25, 0.3) is 5.91 Å². The van der Waals surface area contributed by atoms with Crippen molar-refractivity contribution in [2.45, 2.75) is 13.5 Å². The summed E-state index contributed by atoms with van der Waals surface area (Å²) in [6, 6.07) is 23.0. The van der Waals surface area contributed by atoms with E-state index in [0.717, 1.165) is 50.6 Å². The van der Waals surface area contributed by atoms with Crippen LogP contribution in [-0.2, 0) is 16.1 Å². The summed E-state index contributed by atoms with van der Waals surface area (Å²) in [5, 5.41) is 11.3. The third-order valence-corrected chi connectivity index (χ3v) is 7.10. The quantitative estimate of drug-likeness (QED) is 0.310. The molecule has 1 fully saturated rings. The Labute approximate surface area is 200 Å². The molecule has 0 radical (unpaired) electrons. The van der Waals surface area contributed by atoms with Crippen molar-refractivity contribution in [1.29, 1.82) is 0 Å². The van der Waals surface area contributed by atoms with Gasteiger partial charge in [0, 0.05) is 28.4 Å². The van der Waals surface area contributed by atoms with Crippen molar-refractivity contribution in [2.24, 2.45) is 0 Å². The number of hydrogen-bond donors (Lipinski definition) is 1. The highest BCUT2D eigenvalue weighted by molar-refractivity contribution is 8.26. The van der Waals surface area contributed by atoms with Crippen LogP contribution in [0.15, 0.2) is 71.6 Å². The van der Waals surface area contributed by atoms with E-state index in [1.807, 2.05) is 18.2 Å². The van der Waals surface area contributed by atoms with E-state index < -0.39 is 12.5 Å². The summed E-state index contributed by atoms with van der Waals surface area (Å²) in [7, 11) is 0. The molecule has 1 amide bonds. The second-order valence-electron chi connectivity index (χ2n) is 8.03. The maximum atomic E-state index is 12.6. The number of carboxylic acid groups (broad SMARTS) is 1. The van der Waals surface area contributed by atoms with Gasteiger partial charge in [-0.2, -0.15) is 0 Å². The number of carbonyl (C=O) groups is 2. The number of carboxylic acids is 1. The van der Waals surface area contributed by atoms with Gasteiger partial charge in [0.15, 0.2) is 0 Å².